The second-order valence-corrected chi connectivity index (χ2v) is 3.16. The highest BCUT2D eigenvalue weighted by atomic mass is 19.4. The Morgan fingerprint density at radius 2 is 2.31 bits per heavy atom. The summed E-state index contributed by atoms with van der Waals surface area (Å²) in [6, 6.07) is 0.0919. The summed E-state index contributed by atoms with van der Waals surface area (Å²) < 4.78 is 37.6. The number of halogens is 3. The van der Waals surface area contributed by atoms with Crippen molar-refractivity contribution in [3.05, 3.63) is 18.0 Å². The predicted molar refractivity (Wildman–Crippen MR) is 49.3 cm³/mol. The lowest BCUT2D eigenvalue weighted by Gasteiger charge is -2.11. The Bertz CT molecular complexity index is 374. The number of hydrogen-bond donors (Lipinski definition) is 2. The SMILES string of the molecule is CNC(Cn1ccc(C(F)(F)F)n1)C(N)=O. The average molecular weight is 236 g/mol. The molecule has 3 N–H and O–H groups in total. The van der Waals surface area contributed by atoms with Crippen molar-refractivity contribution in [2.75, 3.05) is 7.05 Å². The van der Waals surface area contributed by atoms with Crippen LogP contribution in [0.3, 0.4) is 0 Å². The predicted octanol–water partition coefficient (Wildman–Crippen LogP) is -0.0248. The maximum absolute atomic E-state index is 12.2. The molecule has 0 spiro atoms. The maximum atomic E-state index is 12.2. The Hall–Kier alpha value is -1.57. The van der Waals surface area contributed by atoms with Crippen LogP contribution in [0.1, 0.15) is 5.69 Å². The van der Waals surface area contributed by atoms with E-state index in [-0.39, 0.29) is 6.54 Å². The number of nitrogens with two attached hydrogens (primary N) is 1. The minimum absolute atomic E-state index is 0.0398. The first-order valence-corrected chi connectivity index (χ1v) is 4.42. The maximum Gasteiger partial charge on any atom is 0.435 e. The number of rotatable bonds is 4. The number of likely N-dealkylation sites (N-methyl/N-ethyl adjacent to an activating group) is 1. The van der Waals surface area contributed by atoms with Gasteiger partial charge in [-0.15, -0.1) is 0 Å². The zero-order chi connectivity index (χ0) is 12.3. The van der Waals surface area contributed by atoms with E-state index >= 15 is 0 Å². The number of hydrogen-bond acceptors (Lipinski definition) is 3. The van der Waals surface area contributed by atoms with E-state index in [1.165, 1.54) is 7.05 Å². The van der Waals surface area contributed by atoms with Gasteiger partial charge in [0.2, 0.25) is 5.91 Å². The minimum atomic E-state index is -4.48. The van der Waals surface area contributed by atoms with Crippen LogP contribution in [-0.2, 0) is 17.5 Å². The van der Waals surface area contributed by atoms with Gasteiger partial charge in [0.1, 0.15) is 6.04 Å². The minimum Gasteiger partial charge on any atom is -0.368 e. The molecule has 1 atom stereocenters. The molecule has 0 radical (unpaired) electrons. The molecule has 0 bridgehead atoms. The highest BCUT2D eigenvalue weighted by Gasteiger charge is 2.33. The normalized spacial score (nSPS) is 13.8. The van der Waals surface area contributed by atoms with Crippen LogP contribution in [0.25, 0.3) is 0 Å². The molecule has 1 heterocycles. The van der Waals surface area contributed by atoms with Crippen molar-refractivity contribution in [3.63, 3.8) is 0 Å². The Labute approximate surface area is 89.4 Å². The van der Waals surface area contributed by atoms with E-state index in [0.29, 0.717) is 0 Å². The molecule has 1 unspecified atom stereocenters. The highest BCUT2D eigenvalue weighted by molar-refractivity contribution is 5.79. The smallest absolute Gasteiger partial charge is 0.368 e. The molecule has 0 aromatic carbocycles. The molecule has 0 saturated heterocycles. The molecule has 16 heavy (non-hydrogen) atoms. The van der Waals surface area contributed by atoms with Crippen LogP contribution in [0.15, 0.2) is 12.3 Å². The van der Waals surface area contributed by atoms with E-state index in [1.807, 2.05) is 0 Å². The quantitative estimate of drug-likeness (QED) is 0.771. The summed E-state index contributed by atoms with van der Waals surface area (Å²) in [6.45, 7) is -0.0398. The van der Waals surface area contributed by atoms with Gasteiger partial charge in [-0.2, -0.15) is 18.3 Å². The van der Waals surface area contributed by atoms with Crippen LogP contribution in [0.5, 0.6) is 0 Å². The third kappa shape index (κ3) is 2.96. The lowest BCUT2D eigenvalue weighted by atomic mass is 10.3. The summed E-state index contributed by atoms with van der Waals surface area (Å²) in [5.74, 6) is -0.647. The Kier molecular flexibility index (Phi) is 3.53. The number of amides is 1. The fourth-order valence-electron chi connectivity index (χ4n) is 1.13. The van der Waals surface area contributed by atoms with E-state index in [0.717, 1.165) is 16.9 Å². The number of primary amides is 1. The number of alkyl halides is 3. The van der Waals surface area contributed by atoms with Crippen LogP contribution < -0.4 is 11.1 Å². The molecule has 0 aliphatic heterocycles. The van der Waals surface area contributed by atoms with Gasteiger partial charge < -0.3 is 11.1 Å². The summed E-state index contributed by atoms with van der Waals surface area (Å²) in [5, 5.41) is 5.88. The molecule has 1 aromatic rings. The van der Waals surface area contributed by atoms with Crippen LogP contribution in [-0.4, -0.2) is 28.8 Å². The first-order valence-electron chi connectivity index (χ1n) is 4.42. The first kappa shape index (κ1) is 12.5. The molecular formula is C8H11F3N4O. The number of carbonyl (C=O) groups excluding carboxylic acids is 1. The summed E-state index contributed by atoms with van der Waals surface area (Å²) in [6.07, 6.45) is -3.33. The van der Waals surface area contributed by atoms with Gasteiger partial charge in [0.05, 0.1) is 6.54 Å². The van der Waals surface area contributed by atoms with E-state index in [1.54, 1.807) is 0 Å². The summed E-state index contributed by atoms with van der Waals surface area (Å²) in [7, 11) is 1.49. The van der Waals surface area contributed by atoms with Gasteiger partial charge in [-0.3, -0.25) is 9.48 Å². The third-order valence-corrected chi connectivity index (χ3v) is 1.99. The van der Waals surface area contributed by atoms with Gasteiger partial charge in [-0.05, 0) is 13.1 Å². The molecule has 5 nitrogen and oxygen atoms in total. The van der Waals surface area contributed by atoms with E-state index in [9.17, 15) is 18.0 Å². The van der Waals surface area contributed by atoms with Crippen LogP contribution in [0.2, 0.25) is 0 Å². The van der Waals surface area contributed by atoms with Crippen molar-refractivity contribution in [1.82, 2.24) is 15.1 Å². The molecule has 8 heteroatoms. The summed E-state index contributed by atoms with van der Waals surface area (Å²) in [4.78, 5) is 10.8. The molecule has 0 fully saturated rings. The van der Waals surface area contributed by atoms with E-state index < -0.39 is 23.8 Å². The van der Waals surface area contributed by atoms with Crippen molar-refractivity contribution >= 4 is 5.91 Å². The van der Waals surface area contributed by atoms with E-state index in [2.05, 4.69) is 10.4 Å². The fourth-order valence-corrected chi connectivity index (χ4v) is 1.13. The lowest BCUT2D eigenvalue weighted by Crippen LogP contribution is -2.42. The summed E-state index contributed by atoms with van der Waals surface area (Å²) >= 11 is 0. The Morgan fingerprint density at radius 1 is 1.69 bits per heavy atom. The van der Waals surface area contributed by atoms with Gasteiger partial charge in [0.25, 0.3) is 0 Å². The van der Waals surface area contributed by atoms with E-state index in [4.69, 9.17) is 5.73 Å². The third-order valence-electron chi connectivity index (χ3n) is 1.99. The lowest BCUT2D eigenvalue weighted by molar-refractivity contribution is -0.141. The van der Waals surface area contributed by atoms with Crippen LogP contribution >= 0.6 is 0 Å². The molecule has 1 rings (SSSR count). The van der Waals surface area contributed by atoms with Gasteiger partial charge in [0.15, 0.2) is 5.69 Å². The second kappa shape index (κ2) is 4.52. The summed E-state index contributed by atoms with van der Waals surface area (Å²) in [5.41, 5.74) is 4.03. The number of carbonyl (C=O) groups is 1. The zero-order valence-electron chi connectivity index (χ0n) is 8.45. The van der Waals surface area contributed by atoms with Gasteiger partial charge in [0, 0.05) is 6.20 Å². The van der Waals surface area contributed by atoms with Crippen LogP contribution in [0, 0.1) is 0 Å². The van der Waals surface area contributed by atoms with Crippen molar-refractivity contribution < 1.29 is 18.0 Å². The Morgan fingerprint density at radius 3 is 2.69 bits per heavy atom. The van der Waals surface area contributed by atoms with Gasteiger partial charge in [-0.25, -0.2) is 0 Å². The largest absolute Gasteiger partial charge is 0.435 e. The van der Waals surface area contributed by atoms with Crippen molar-refractivity contribution in [2.45, 2.75) is 18.8 Å². The fraction of sp³-hybridized carbons (Fsp3) is 0.500. The average Bonchev–Trinajstić information content (AvgIpc) is 2.61. The first-order chi connectivity index (χ1) is 7.34. The number of aromatic nitrogens is 2. The number of nitrogens with one attached hydrogen (secondary N) is 1. The van der Waals surface area contributed by atoms with Crippen LogP contribution in [0.4, 0.5) is 13.2 Å². The highest BCUT2D eigenvalue weighted by Crippen LogP contribution is 2.27. The molecule has 1 aromatic heterocycles. The molecule has 1 amide bonds. The molecule has 90 valence electrons. The van der Waals surface area contributed by atoms with Gasteiger partial charge in [-0.1, -0.05) is 0 Å². The standard InChI is InChI=1S/C8H11F3N4O/c1-13-5(7(12)16)4-15-3-2-6(14-15)8(9,10)11/h2-3,5,13H,4H2,1H3,(H2,12,16). The van der Waals surface area contributed by atoms with Gasteiger partial charge >= 0.3 is 6.18 Å². The van der Waals surface area contributed by atoms with Crippen molar-refractivity contribution in [3.8, 4) is 0 Å². The number of nitrogens with zero attached hydrogens (tertiary/aromatic N) is 2. The Balaban J connectivity index is 2.76. The van der Waals surface area contributed by atoms with Crippen molar-refractivity contribution in [2.24, 2.45) is 5.73 Å². The second-order valence-electron chi connectivity index (χ2n) is 3.16. The molecule has 0 saturated carbocycles. The molecule has 0 aliphatic rings. The molecule has 0 aliphatic carbocycles. The topological polar surface area (TPSA) is 72.9 Å². The van der Waals surface area contributed by atoms with Crippen molar-refractivity contribution in [1.29, 1.82) is 0 Å². The molecular weight excluding hydrogens is 225 g/mol. The monoisotopic (exact) mass is 236 g/mol. The zero-order valence-corrected chi connectivity index (χ0v) is 8.45.